The standard InChI is InChI=1S/C22H25N5O2/c1-14(19-3-2-4-20-21(19)29-12-11-28-20)23-18-10-9-17(13-18)15-5-7-16(8-6-15)22-24-26-27-25-22/h2-8,14,17-18,23H,9-13H2,1H3,(H,24,25,26,27)/t14-,17+,18?/m1/s1. The molecule has 150 valence electrons. The lowest BCUT2D eigenvalue weighted by atomic mass is 9.96. The van der Waals surface area contributed by atoms with Crippen molar-refractivity contribution < 1.29 is 9.47 Å². The molecule has 1 aliphatic heterocycles. The van der Waals surface area contributed by atoms with Crippen LogP contribution in [-0.4, -0.2) is 39.9 Å². The zero-order valence-corrected chi connectivity index (χ0v) is 16.5. The molecule has 1 fully saturated rings. The largest absolute Gasteiger partial charge is 0.486 e. The first-order valence-corrected chi connectivity index (χ1v) is 10.3. The van der Waals surface area contributed by atoms with Crippen LogP contribution in [-0.2, 0) is 0 Å². The summed E-state index contributed by atoms with van der Waals surface area (Å²) in [4.78, 5) is 0. The van der Waals surface area contributed by atoms with Crippen LogP contribution < -0.4 is 14.8 Å². The van der Waals surface area contributed by atoms with E-state index in [1.54, 1.807) is 0 Å². The number of aromatic amines is 1. The van der Waals surface area contributed by atoms with Gasteiger partial charge in [0.1, 0.15) is 13.2 Å². The molecule has 2 N–H and O–H groups in total. The number of para-hydroxylation sites is 1. The van der Waals surface area contributed by atoms with E-state index in [0.717, 1.165) is 23.5 Å². The second-order valence-corrected chi connectivity index (χ2v) is 7.82. The molecular formula is C22H25N5O2. The number of nitrogens with zero attached hydrogens (tertiary/aromatic N) is 3. The highest BCUT2D eigenvalue weighted by atomic mass is 16.6. The number of fused-ring (bicyclic) bond motifs is 1. The molecule has 0 amide bonds. The van der Waals surface area contributed by atoms with Crippen molar-refractivity contribution in [3.8, 4) is 22.9 Å². The van der Waals surface area contributed by atoms with Gasteiger partial charge in [-0.25, -0.2) is 0 Å². The van der Waals surface area contributed by atoms with Gasteiger partial charge in [-0.1, -0.05) is 36.4 Å². The molecule has 2 aliphatic rings. The van der Waals surface area contributed by atoms with Crippen molar-refractivity contribution >= 4 is 0 Å². The van der Waals surface area contributed by atoms with Gasteiger partial charge in [-0.3, -0.25) is 0 Å². The molecule has 0 bridgehead atoms. The van der Waals surface area contributed by atoms with E-state index in [1.165, 1.54) is 24.0 Å². The molecule has 2 heterocycles. The van der Waals surface area contributed by atoms with Crippen LogP contribution in [0.15, 0.2) is 42.5 Å². The minimum atomic E-state index is 0.219. The Labute approximate surface area is 169 Å². The first-order valence-electron chi connectivity index (χ1n) is 10.3. The summed E-state index contributed by atoms with van der Waals surface area (Å²) in [5.74, 6) is 2.95. The second-order valence-electron chi connectivity index (χ2n) is 7.82. The maximum atomic E-state index is 5.89. The van der Waals surface area contributed by atoms with Gasteiger partial charge in [0.05, 0.1) is 0 Å². The molecule has 5 rings (SSSR count). The van der Waals surface area contributed by atoms with E-state index < -0.39 is 0 Å². The maximum absolute atomic E-state index is 5.89. The smallest absolute Gasteiger partial charge is 0.204 e. The number of ether oxygens (including phenoxy) is 2. The van der Waals surface area contributed by atoms with Gasteiger partial charge in [-0.15, -0.1) is 10.2 Å². The minimum absolute atomic E-state index is 0.219. The lowest BCUT2D eigenvalue weighted by molar-refractivity contribution is 0.168. The fraction of sp³-hybridized carbons (Fsp3) is 0.409. The molecule has 2 aromatic carbocycles. The van der Waals surface area contributed by atoms with E-state index in [-0.39, 0.29) is 6.04 Å². The Morgan fingerprint density at radius 2 is 1.93 bits per heavy atom. The fourth-order valence-corrected chi connectivity index (χ4v) is 4.50. The number of nitrogens with one attached hydrogen (secondary N) is 2. The number of rotatable bonds is 5. The van der Waals surface area contributed by atoms with Gasteiger partial charge in [-0.2, -0.15) is 5.21 Å². The summed E-state index contributed by atoms with van der Waals surface area (Å²) in [5, 5.41) is 18.0. The van der Waals surface area contributed by atoms with Gasteiger partial charge in [0.15, 0.2) is 11.5 Å². The first-order chi connectivity index (χ1) is 14.3. The predicted molar refractivity (Wildman–Crippen MR) is 109 cm³/mol. The van der Waals surface area contributed by atoms with Crippen molar-refractivity contribution in [1.82, 2.24) is 25.9 Å². The Morgan fingerprint density at radius 1 is 1.07 bits per heavy atom. The Hall–Kier alpha value is -2.93. The number of tetrazole rings is 1. The van der Waals surface area contributed by atoms with Crippen LogP contribution in [0.3, 0.4) is 0 Å². The van der Waals surface area contributed by atoms with Crippen molar-refractivity contribution in [2.45, 2.75) is 44.2 Å². The summed E-state index contributed by atoms with van der Waals surface area (Å²) in [6.07, 6.45) is 3.50. The van der Waals surface area contributed by atoms with Gasteiger partial charge in [-0.05, 0) is 48.9 Å². The molecule has 3 atom stereocenters. The van der Waals surface area contributed by atoms with Crippen LogP contribution in [0.1, 0.15) is 49.3 Å². The van der Waals surface area contributed by atoms with Gasteiger partial charge < -0.3 is 14.8 Å². The fourth-order valence-electron chi connectivity index (χ4n) is 4.50. The van der Waals surface area contributed by atoms with E-state index in [1.807, 2.05) is 12.1 Å². The normalized spacial score (nSPS) is 21.8. The van der Waals surface area contributed by atoms with Crippen molar-refractivity contribution in [1.29, 1.82) is 0 Å². The number of hydrogen-bond donors (Lipinski definition) is 2. The lowest BCUT2D eigenvalue weighted by Crippen LogP contribution is -2.30. The zero-order valence-electron chi connectivity index (χ0n) is 16.5. The van der Waals surface area contributed by atoms with Gasteiger partial charge >= 0.3 is 0 Å². The third-order valence-electron chi connectivity index (χ3n) is 5.97. The average Bonchev–Trinajstić information content (AvgIpc) is 3.46. The summed E-state index contributed by atoms with van der Waals surface area (Å²) in [6, 6.07) is 15.4. The summed E-state index contributed by atoms with van der Waals surface area (Å²) < 4.78 is 11.6. The van der Waals surface area contributed by atoms with E-state index in [0.29, 0.717) is 31.0 Å². The molecule has 7 nitrogen and oxygen atoms in total. The van der Waals surface area contributed by atoms with Crippen molar-refractivity contribution in [2.75, 3.05) is 13.2 Å². The SMILES string of the molecule is C[C@@H](NC1CC[C@H](c2ccc(-c3nn[nH]n3)cc2)C1)c1cccc2c1OCCO2. The summed E-state index contributed by atoms with van der Waals surface area (Å²) in [5.41, 5.74) is 3.54. The van der Waals surface area contributed by atoms with E-state index in [4.69, 9.17) is 9.47 Å². The number of hydrogen-bond acceptors (Lipinski definition) is 6. The summed E-state index contributed by atoms with van der Waals surface area (Å²) >= 11 is 0. The Morgan fingerprint density at radius 3 is 2.76 bits per heavy atom. The lowest BCUT2D eigenvalue weighted by Gasteiger charge is -2.26. The molecule has 3 aromatic rings. The third kappa shape index (κ3) is 3.70. The molecule has 1 saturated carbocycles. The number of benzene rings is 2. The minimum Gasteiger partial charge on any atom is -0.486 e. The first kappa shape index (κ1) is 18.1. The van der Waals surface area contributed by atoms with E-state index >= 15 is 0 Å². The van der Waals surface area contributed by atoms with Crippen LogP contribution in [0.5, 0.6) is 11.5 Å². The summed E-state index contributed by atoms with van der Waals surface area (Å²) in [7, 11) is 0. The quantitative estimate of drug-likeness (QED) is 0.691. The maximum Gasteiger partial charge on any atom is 0.204 e. The average molecular weight is 391 g/mol. The van der Waals surface area contributed by atoms with Crippen molar-refractivity contribution in [3.05, 3.63) is 53.6 Å². The summed E-state index contributed by atoms with van der Waals surface area (Å²) in [6.45, 7) is 3.44. The van der Waals surface area contributed by atoms with Crippen LogP contribution in [0.2, 0.25) is 0 Å². The number of aromatic nitrogens is 4. The molecule has 0 spiro atoms. The van der Waals surface area contributed by atoms with E-state index in [9.17, 15) is 0 Å². The number of H-pyrrole nitrogens is 1. The Balaban J connectivity index is 1.23. The second kappa shape index (κ2) is 7.83. The predicted octanol–water partition coefficient (Wildman–Crippen LogP) is 3.62. The molecule has 0 radical (unpaired) electrons. The molecule has 7 heteroatoms. The zero-order chi connectivity index (χ0) is 19.6. The Kier molecular flexibility index (Phi) is 4.89. The third-order valence-corrected chi connectivity index (χ3v) is 5.97. The van der Waals surface area contributed by atoms with Crippen LogP contribution in [0.4, 0.5) is 0 Å². The molecule has 1 aliphatic carbocycles. The highest BCUT2D eigenvalue weighted by molar-refractivity contribution is 5.54. The van der Waals surface area contributed by atoms with Crippen LogP contribution in [0.25, 0.3) is 11.4 Å². The van der Waals surface area contributed by atoms with Gasteiger partial charge in [0.2, 0.25) is 5.82 Å². The van der Waals surface area contributed by atoms with Gasteiger partial charge in [0.25, 0.3) is 0 Å². The highest BCUT2D eigenvalue weighted by Gasteiger charge is 2.28. The molecule has 0 saturated heterocycles. The molecule has 1 unspecified atom stereocenters. The molecule has 29 heavy (non-hydrogen) atoms. The Bertz CT molecular complexity index is 958. The van der Waals surface area contributed by atoms with E-state index in [2.05, 4.69) is 63.2 Å². The molecular weight excluding hydrogens is 366 g/mol. The van der Waals surface area contributed by atoms with Crippen molar-refractivity contribution in [3.63, 3.8) is 0 Å². The van der Waals surface area contributed by atoms with Crippen molar-refractivity contribution in [2.24, 2.45) is 0 Å². The van der Waals surface area contributed by atoms with Crippen LogP contribution >= 0.6 is 0 Å². The van der Waals surface area contributed by atoms with Gasteiger partial charge in [0, 0.05) is 23.2 Å². The molecule has 1 aromatic heterocycles. The van der Waals surface area contributed by atoms with Crippen LogP contribution in [0, 0.1) is 0 Å². The highest BCUT2D eigenvalue weighted by Crippen LogP contribution is 2.39. The topological polar surface area (TPSA) is 85.0 Å². The monoisotopic (exact) mass is 391 g/mol.